The number of carbonyl (C=O) groups excluding carboxylic acids is 3. The highest BCUT2D eigenvalue weighted by Gasteiger charge is 2.17. The third-order valence-corrected chi connectivity index (χ3v) is 2.49. The zero-order valence-electron chi connectivity index (χ0n) is 13.3. The van der Waals surface area contributed by atoms with Crippen LogP contribution in [0, 0.1) is 5.92 Å². The van der Waals surface area contributed by atoms with Gasteiger partial charge in [-0.05, 0) is 0 Å². The lowest BCUT2D eigenvalue weighted by Crippen LogP contribution is -2.16. The molecular weight excluding hydrogens is 328 g/mol. The van der Waals surface area contributed by atoms with Crippen LogP contribution in [-0.4, -0.2) is 57.9 Å². The molecule has 0 saturated heterocycles. The molecule has 0 aliphatic carbocycles. The molecule has 10 heteroatoms. The third-order valence-electron chi connectivity index (χ3n) is 2.49. The fourth-order valence-electron chi connectivity index (χ4n) is 1.24. The summed E-state index contributed by atoms with van der Waals surface area (Å²) in [5.41, 5.74) is 0. The Kier molecular flexibility index (Phi) is 12.5. The molecule has 24 heavy (non-hydrogen) atoms. The normalized spacial score (nSPS) is 10.6. The Morgan fingerprint density at radius 2 is 1.38 bits per heavy atom. The van der Waals surface area contributed by atoms with Crippen LogP contribution in [0.4, 0.5) is 0 Å². The first-order valence-corrected chi connectivity index (χ1v) is 6.76. The minimum absolute atomic E-state index is 0.121. The fraction of sp³-hybridized carbons (Fsp3) is 0.571. The van der Waals surface area contributed by atoms with Crippen LogP contribution in [-0.2, 0) is 33.5 Å². The van der Waals surface area contributed by atoms with Gasteiger partial charge >= 0.3 is 23.9 Å². The number of hydrogen-bond acceptors (Lipinski definition) is 7. The maximum absolute atomic E-state index is 10.8. The van der Waals surface area contributed by atoms with E-state index in [1.54, 1.807) is 0 Å². The minimum Gasteiger partial charge on any atom is -0.481 e. The van der Waals surface area contributed by atoms with Crippen molar-refractivity contribution in [3.8, 4) is 0 Å². The molecule has 0 aliphatic rings. The van der Waals surface area contributed by atoms with Crippen LogP contribution in [0.1, 0.15) is 39.0 Å². The zero-order valence-corrected chi connectivity index (χ0v) is 13.3. The number of esters is 1. The highest BCUT2D eigenvalue weighted by atomic mass is 16.5. The van der Waals surface area contributed by atoms with Gasteiger partial charge in [-0.15, -0.1) is 0 Å². The van der Waals surface area contributed by atoms with Gasteiger partial charge in [-0.25, -0.2) is 0 Å². The average Bonchev–Trinajstić information content (AvgIpc) is 2.44. The number of rotatable bonds is 10. The predicted octanol–water partition coefficient (Wildman–Crippen LogP) is 0.124. The summed E-state index contributed by atoms with van der Waals surface area (Å²) in [4.78, 5) is 62.2. The van der Waals surface area contributed by atoms with Gasteiger partial charge in [-0.2, -0.15) is 0 Å². The van der Waals surface area contributed by atoms with Gasteiger partial charge < -0.3 is 20.1 Å². The number of carboxylic acids is 3. The first-order valence-electron chi connectivity index (χ1n) is 6.76. The maximum atomic E-state index is 10.8. The Morgan fingerprint density at radius 1 is 0.833 bits per heavy atom. The van der Waals surface area contributed by atoms with E-state index in [1.807, 2.05) is 0 Å². The van der Waals surface area contributed by atoms with Crippen molar-refractivity contribution in [2.24, 2.45) is 5.92 Å². The summed E-state index contributed by atoms with van der Waals surface area (Å²) < 4.78 is 4.22. The molecule has 3 N–H and O–H groups in total. The van der Waals surface area contributed by atoms with E-state index in [9.17, 15) is 28.8 Å². The van der Waals surface area contributed by atoms with Crippen molar-refractivity contribution >= 4 is 35.4 Å². The van der Waals surface area contributed by atoms with E-state index in [-0.39, 0.29) is 25.7 Å². The second-order valence-corrected chi connectivity index (χ2v) is 4.74. The average molecular weight is 348 g/mol. The molecule has 0 fully saturated rings. The largest absolute Gasteiger partial charge is 0.481 e. The number of ether oxygens (including phenoxy) is 1. The summed E-state index contributed by atoms with van der Waals surface area (Å²) >= 11 is 0. The van der Waals surface area contributed by atoms with Gasteiger partial charge in [0.2, 0.25) is 0 Å². The van der Waals surface area contributed by atoms with Crippen LogP contribution in [0.15, 0.2) is 0 Å². The van der Waals surface area contributed by atoms with Gasteiger partial charge in [0.1, 0.15) is 24.4 Å². The Hall–Kier alpha value is -2.78. The number of ketones is 2. The summed E-state index contributed by atoms with van der Waals surface area (Å²) in [6, 6.07) is 0. The topological polar surface area (TPSA) is 172 Å². The summed E-state index contributed by atoms with van der Waals surface area (Å²) in [7, 11) is 1.17. The zero-order chi connectivity index (χ0) is 19.3. The molecule has 0 aliphatic heterocycles. The summed E-state index contributed by atoms with van der Waals surface area (Å²) in [5.74, 6) is -5.77. The lowest BCUT2D eigenvalue weighted by molar-refractivity contribution is -0.145. The van der Waals surface area contributed by atoms with E-state index in [0.29, 0.717) is 0 Å². The number of carboxylic acid groups (broad SMARTS) is 3. The van der Waals surface area contributed by atoms with Crippen molar-refractivity contribution in [2.75, 3.05) is 7.11 Å². The molecule has 10 nitrogen and oxygen atoms in total. The van der Waals surface area contributed by atoms with Crippen molar-refractivity contribution in [3.63, 3.8) is 0 Å². The number of Topliss-reactive ketones (excluding diaryl/α,β-unsaturated/α-hetero) is 2. The van der Waals surface area contributed by atoms with Crippen LogP contribution in [0.2, 0.25) is 0 Å². The lowest BCUT2D eigenvalue weighted by Gasteiger charge is -2.02. The SMILES string of the molecule is CC(CC(=O)CC(=O)O)C(=O)O.COC(=O)CC(=O)CCC(=O)O. The van der Waals surface area contributed by atoms with Crippen LogP contribution >= 0.6 is 0 Å². The molecule has 0 bridgehead atoms. The first kappa shape index (κ1) is 23.5. The molecule has 0 aromatic rings. The third kappa shape index (κ3) is 15.6. The smallest absolute Gasteiger partial charge is 0.313 e. The minimum atomic E-state index is -1.22. The summed E-state index contributed by atoms with van der Waals surface area (Å²) in [5, 5.41) is 24.7. The van der Waals surface area contributed by atoms with Crippen LogP contribution in [0.5, 0.6) is 0 Å². The van der Waals surface area contributed by atoms with Crippen LogP contribution in [0.3, 0.4) is 0 Å². The molecule has 0 spiro atoms. The molecule has 0 heterocycles. The van der Waals surface area contributed by atoms with E-state index in [4.69, 9.17) is 15.3 Å². The van der Waals surface area contributed by atoms with Gasteiger partial charge in [0.05, 0.1) is 19.4 Å². The highest BCUT2D eigenvalue weighted by molar-refractivity contribution is 5.96. The summed E-state index contributed by atoms with van der Waals surface area (Å²) in [6.45, 7) is 1.36. The molecule has 0 aromatic heterocycles. The van der Waals surface area contributed by atoms with E-state index in [0.717, 1.165) is 0 Å². The van der Waals surface area contributed by atoms with Crippen molar-refractivity contribution in [3.05, 3.63) is 0 Å². The van der Waals surface area contributed by atoms with Gasteiger partial charge in [0.25, 0.3) is 0 Å². The van der Waals surface area contributed by atoms with Crippen molar-refractivity contribution in [1.82, 2.24) is 0 Å². The molecule has 1 unspecified atom stereocenters. The van der Waals surface area contributed by atoms with Crippen LogP contribution < -0.4 is 0 Å². The van der Waals surface area contributed by atoms with Gasteiger partial charge in [0.15, 0.2) is 0 Å². The first-order chi connectivity index (χ1) is 11.0. The Morgan fingerprint density at radius 3 is 1.75 bits per heavy atom. The maximum Gasteiger partial charge on any atom is 0.313 e. The number of methoxy groups -OCH3 is 1. The number of aliphatic carboxylic acids is 3. The monoisotopic (exact) mass is 348 g/mol. The molecular formula is C14H20O10. The number of carbonyl (C=O) groups is 6. The van der Waals surface area contributed by atoms with Crippen LogP contribution in [0.25, 0.3) is 0 Å². The van der Waals surface area contributed by atoms with E-state index in [2.05, 4.69) is 4.74 Å². The molecule has 0 aromatic carbocycles. The van der Waals surface area contributed by atoms with Crippen molar-refractivity contribution in [2.45, 2.75) is 39.0 Å². The summed E-state index contributed by atoms with van der Waals surface area (Å²) in [6.07, 6.45) is -1.52. The van der Waals surface area contributed by atoms with E-state index >= 15 is 0 Å². The molecule has 136 valence electrons. The highest BCUT2D eigenvalue weighted by Crippen LogP contribution is 2.04. The second kappa shape index (κ2) is 12.7. The number of hydrogen-bond donors (Lipinski definition) is 3. The second-order valence-electron chi connectivity index (χ2n) is 4.74. The molecule has 0 amide bonds. The van der Waals surface area contributed by atoms with E-state index in [1.165, 1.54) is 14.0 Å². The van der Waals surface area contributed by atoms with Gasteiger partial charge in [0, 0.05) is 12.8 Å². The molecule has 0 radical (unpaired) electrons. The fourth-order valence-corrected chi connectivity index (χ4v) is 1.24. The van der Waals surface area contributed by atoms with Gasteiger partial charge in [-0.1, -0.05) is 6.92 Å². The standard InChI is InChI=1S/2C7H10O5/c1-4(7(11)12)2-5(8)3-6(9)10;1-12-7(11)4-5(8)2-3-6(9)10/h4H,2-3H2,1H3,(H,9,10)(H,11,12);2-4H2,1H3,(H,9,10). The van der Waals surface area contributed by atoms with E-state index < -0.39 is 47.8 Å². The van der Waals surface area contributed by atoms with Crippen molar-refractivity contribution < 1.29 is 48.8 Å². The van der Waals surface area contributed by atoms with Gasteiger partial charge in [-0.3, -0.25) is 28.8 Å². The Labute approximate surface area is 137 Å². The molecule has 0 rings (SSSR count). The Bertz CT molecular complexity index is 494. The van der Waals surface area contributed by atoms with Crippen molar-refractivity contribution in [1.29, 1.82) is 0 Å². The molecule has 1 atom stereocenters. The lowest BCUT2D eigenvalue weighted by atomic mass is 10.0. The predicted molar refractivity (Wildman–Crippen MR) is 77.2 cm³/mol. The molecule has 0 saturated carbocycles. The quantitative estimate of drug-likeness (QED) is 0.363. The Balaban J connectivity index is 0.